The Balaban J connectivity index is 3.45. The first-order chi connectivity index (χ1) is 8.96. The Morgan fingerprint density at radius 2 is 1.95 bits per heavy atom. The molecule has 5 heteroatoms. The molecule has 0 saturated carbocycles. The van der Waals surface area contributed by atoms with Gasteiger partial charge in [-0.2, -0.15) is 0 Å². The molecule has 0 aliphatic carbocycles. The summed E-state index contributed by atoms with van der Waals surface area (Å²) in [5.74, 6) is 0.549. The van der Waals surface area contributed by atoms with Crippen LogP contribution in [0.3, 0.4) is 0 Å². The molecule has 1 aromatic rings. The maximum absolute atomic E-state index is 12.1. The van der Waals surface area contributed by atoms with Gasteiger partial charge in [-0.3, -0.25) is 9.59 Å². The number of rotatable bonds is 5. The number of methoxy groups -OCH3 is 2. The largest absolute Gasteiger partial charge is 0.496 e. The highest BCUT2D eigenvalue weighted by molar-refractivity contribution is 6.04. The predicted molar refractivity (Wildman–Crippen MR) is 72.3 cm³/mol. The zero-order valence-corrected chi connectivity index (χ0v) is 11.9. The molecule has 0 heterocycles. The van der Waals surface area contributed by atoms with Crippen molar-refractivity contribution in [3.8, 4) is 11.5 Å². The number of aldehydes is 1. The number of amides is 1. The van der Waals surface area contributed by atoms with E-state index in [4.69, 9.17) is 9.47 Å². The number of carbonyl (C=O) groups excluding carboxylic acids is 2. The number of hydrogen-bond donors (Lipinski definition) is 1. The van der Waals surface area contributed by atoms with Crippen molar-refractivity contribution in [1.29, 1.82) is 0 Å². The van der Waals surface area contributed by atoms with Crippen LogP contribution in [0.5, 0.6) is 11.5 Å². The molecule has 0 spiro atoms. The van der Waals surface area contributed by atoms with Gasteiger partial charge in [0.25, 0.3) is 5.91 Å². The van der Waals surface area contributed by atoms with Gasteiger partial charge in [-0.1, -0.05) is 0 Å². The zero-order chi connectivity index (χ0) is 14.6. The third-order valence-corrected chi connectivity index (χ3v) is 2.73. The van der Waals surface area contributed by atoms with Crippen molar-refractivity contribution in [2.24, 2.45) is 0 Å². The molecule has 0 fully saturated rings. The van der Waals surface area contributed by atoms with Gasteiger partial charge in [-0.15, -0.1) is 0 Å². The molecule has 19 heavy (non-hydrogen) atoms. The molecule has 0 aliphatic heterocycles. The van der Waals surface area contributed by atoms with Crippen molar-refractivity contribution in [1.82, 2.24) is 5.32 Å². The minimum atomic E-state index is -0.325. The van der Waals surface area contributed by atoms with Gasteiger partial charge in [-0.05, 0) is 26.8 Å². The Kier molecular flexibility index (Phi) is 4.92. The fraction of sp³-hybridized carbons (Fsp3) is 0.429. The van der Waals surface area contributed by atoms with Crippen LogP contribution in [0.4, 0.5) is 0 Å². The Bertz CT molecular complexity index is 495. The summed E-state index contributed by atoms with van der Waals surface area (Å²) in [7, 11) is 2.96. The SMILES string of the molecule is COc1cc(C(=O)NC(C)C)c(C=O)c(OC)c1C. The van der Waals surface area contributed by atoms with Crippen LogP contribution in [0.1, 0.15) is 40.1 Å². The van der Waals surface area contributed by atoms with Crippen LogP contribution >= 0.6 is 0 Å². The van der Waals surface area contributed by atoms with Gasteiger partial charge in [0.05, 0.1) is 25.3 Å². The molecule has 0 aliphatic rings. The maximum atomic E-state index is 12.1. The van der Waals surface area contributed by atoms with Crippen molar-refractivity contribution in [3.05, 3.63) is 22.8 Å². The highest BCUT2D eigenvalue weighted by Gasteiger charge is 2.21. The van der Waals surface area contributed by atoms with E-state index < -0.39 is 0 Å². The van der Waals surface area contributed by atoms with Crippen molar-refractivity contribution in [2.75, 3.05) is 14.2 Å². The van der Waals surface area contributed by atoms with E-state index in [9.17, 15) is 9.59 Å². The topological polar surface area (TPSA) is 64.6 Å². The summed E-state index contributed by atoms with van der Waals surface area (Å²) in [5.41, 5.74) is 1.18. The molecule has 0 aromatic heterocycles. The summed E-state index contributed by atoms with van der Waals surface area (Å²) in [6, 6.07) is 1.53. The second kappa shape index (κ2) is 6.22. The Morgan fingerprint density at radius 3 is 2.37 bits per heavy atom. The summed E-state index contributed by atoms with van der Waals surface area (Å²) >= 11 is 0. The normalized spacial score (nSPS) is 10.2. The molecule has 0 bridgehead atoms. The van der Waals surface area contributed by atoms with Crippen LogP contribution in [0, 0.1) is 6.92 Å². The number of nitrogens with one attached hydrogen (secondary N) is 1. The molecule has 0 unspecified atom stereocenters. The first-order valence-electron chi connectivity index (χ1n) is 5.97. The average Bonchev–Trinajstić information content (AvgIpc) is 2.36. The van der Waals surface area contributed by atoms with Crippen LogP contribution in [-0.4, -0.2) is 32.5 Å². The summed E-state index contributed by atoms with van der Waals surface area (Å²) in [6.07, 6.45) is 0.626. The standard InChI is InChI=1S/C14H19NO4/c1-8(2)15-14(17)10-6-12(18-4)9(3)13(19-5)11(10)7-16/h6-8H,1-5H3,(H,15,17). The van der Waals surface area contributed by atoms with Gasteiger partial charge in [-0.25, -0.2) is 0 Å². The summed E-state index contributed by atoms with van der Waals surface area (Å²) in [6.45, 7) is 5.47. The Morgan fingerprint density at radius 1 is 1.32 bits per heavy atom. The number of benzene rings is 1. The summed E-state index contributed by atoms with van der Waals surface area (Å²) in [4.78, 5) is 23.3. The summed E-state index contributed by atoms with van der Waals surface area (Å²) in [5, 5.41) is 2.75. The van der Waals surface area contributed by atoms with E-state index in [-0.39, 0.29) is 23.1 Å². The highest BCUT2D eigenvalue weighted by Crippen LogP contribution is 2.33. The molecule has 0 saturated heterocycles. The molecule has 1 aromatic carbocycles. The van der Waals surface area contributed by atoms with Gasteiger partial charge in [0.1, 0.15) is 11.5 Å². The van der Waals surface area contributed by atoms with E-state index in [2.05, 4.69) is 5.32 Å². The molecule has 5 nitrogen and oxygen atoms in total. The number of hydrogen-bond acceptors (Lipinski definition) is 4. The van der Waals surface area contributed by atoms with Gasteiger partial charge >= 0.3 is 0 Å². The van der Waals surface area contributed by atoms with E-state index in [1.807, 2.05) is 13.8 Å². The first kappa shape index (κ1) is 15.0. The highest BCUT2D eigenvalue weighted by atomic mass is 16.5. The fourth-order valence-electron chi connectivity index (χ4n) is 1.87. The lowest BCUT2D eigenvalue weighted by Crippen LogP contribution is -2.31. The van der Waals surface area contributed by atoms with E-state index in [0.29, 0.717) is 23.3 Å². The van der Waals surface area contributed by atoms with Crippen LogP contribution in [-0.2, 0) is 0 Å². The number of carbonyl (C=O) groups is 2. The third-order valence-electron chi connectivity index (χ3n) is 2.73. The lowest BCUT2D eigenvalue weighted by atomic mass is 10.0. The zero-order valence-electron chi connectivity index (χ0n) is 11.9. The van der Waals surface area contributed by atoms with E-state index in [0.717, 1.165) is 0 Å². The predicted octanol–water partition coefficient (Wildman–Crippen LogP) is 1.96. The molecular formula is C14H19NO4. The smallest absolute Gasteiger partial charge is 0.252 e. The second-order valence-corrected chi connectivity index (χ2v) is 4.44. The second-order valence-electron chi connectivity index (χ2n) is 4.44. The molecule has 1 N–H and O–H groups in total. The molecule has 1 amide bonds. The van der Waals surface area contributed by atoms with Gasteiger partial charge in [0.2, 0.25) is 0 Å². The third kappa shape index (κ3) is 3.05. The number of ether oxygens (including phenoxy) is 2. The molecular weight excluding hydrogens is 246 g/mol. The van der Waals surface area contributed by atoms with Crippen LogP contribution in [0.25, 0.3) is 0 Å². The lowest BCUT2D eigenvalue weighted by molar-refractivity contribution is 0.0936. The van der Waals surface area contributed by atoms with Crippen LogP contribution < -0.4 is 14.8 Å². The van der Waals surface area contributed by atoms with Crippen molar-refractivity contribution in [2.45, 2.75) is 26.8 Å². The minimum Gasteiger partial charge on any atom is -0.496 e. The van der Waals surface area contributed by atoms with Gasteiger partial charge < -0.3 is 14.8 Å². The van der Waals surface area contributed by atoms with Crippen LogP contribution in [0.2, 0.25) is 0 Å². The van der Waals surface area contributed by atoms with Gasteiger partial charge in [0.15, 0.2) is 6.29 Å². The molecule has 104 valence electrons. The van der Waals surface area contributed by atoms with Crippen LogP contribution in [0.15, 0.2) is 6.07 Å². The molecule has 0 radical (unpaired) electrons. The fourth-order valence-corrected chi connectivity index (χ4v) is 1.87. The molecule has 0 atom stereocenters. The Labute approximate surface area is 112 Å². The van der Waals surface area contributed by atoms with Crippen molar-refractivity contribution >= 4 is 12.2 Å². The van der Waals surface area contributed by atoms with Crippen molar-refractivity contribution in [3.63, 3.8) is 0 Å². The quantitative estimate of drug-likeness (QED) is 0.827. The van der Waals surface area contributed by atoms with E-state index in [1.54, 1.807) is 13.0 Å². The molecule has 1 rings (SSSR count). The maximum Gasteiger partial charge on any atom is 0.252 e. The minimum absolute atomic E-state index is 0.0229. The average molecular weight is 265 g/mol. The first-order valence-corrected chi connectivity index (χ1v) is 5.97. The van der Waals surface area contributed by atoms with E-state index in [1.165, 1.54) is 14.2 Å². The Hall–Kier alpha value is -2.04. The van der Waals surface area contributed by atoms with Gasteiger partial charge in [0, 0.05) is 11.6 Å². The summed E-state index contributed by atoms with van der Waals surface area (Å²) < 4.78 is 10.4. The lowest BCUT2D eigenvalue weighted by Gasteiger charge is -2.16. The van der Waals surface area contributed by atoms with Crippen molar-refractivity contribution < 1.29 is 19.1 Å². The van der Waals surface area contributed by atoms with E-state index >= 15 is 0 Å². The monoisotopic (exact) mass is 265 g/mol.